The van der Waals surface area contributed by atoms with Crippen LogP contribution in [0.5, 0.6) is 0 Å². The highest BCUT2D eigenvalue weighted by Crippen LogP contribution is 2.22. The maximum atomic E-state index is 12.3. The Balaban J connectivity index is 3.12. The second-order valence-electron chi connectivity index (χ2n) is 5.07. The van der Waals surface area contributed by atoms with Gasteiger partial charge in [-0.3, -0.25) is 4.79 Å². The minimum absolute atomic E-state index is 0.0409. The van der Waals surface area contributed by atoms with Gasteiger partial charge in [-0.1, -0.05) is 11.6 Å². The number of sulfonamides is 1. The highest BCUT2D eigenvalue weighted by molar-refractivity contribution is 7.98. The standard InChI is InChI=1S/C14H19ClN2O5S2/c1-17(2)24(21,22)9-4-5-11(15)10(8-9)13(18)16-12(14(19)20)6-7-23-3/h4-5,8,12H,6-7H2,1-3H3,(H,16,18)(H,19,20). The predicted molar refractivity (Wildman–Crippen MR) is 94.2 cm³/mol. The molecule has 7 nitrogen and oxygen atoms in total. The minimum atomic E-state index is -3.73. The molecule has 0 aromatic heterocycles. The first kappa shape index (κ1) is 20.8. The summed E-state index contributed by atoms with van der Waals surface area (Å²) in [5.74, 6) is -1.34. The Morgan fingerprint density at radius 3 is 2.50 bits per heavy atom. The van der Waals surface area contributed by atoms with Gasteiger partial charge < -0.3 is 10.4 Å². The van der Waals surface area contributed by atoms with E-state index >= 15 is 0 Å². The first-order valence-electron chi connectivity index (χ1n) is 6.86. The first-order chi connectivity index (χ1) is 11.1. The first-order valence-corrected chi connectivity index (χ1v) is 10.1. The maximum Gasteiger partial charge on any atom is 0.326 e. The van der Waals surface area contributed by atoms with E-state index in [0.29, 0.717) is 5.75 Å². The third-order valence-electron chi connectivity index (χ3n) is 3.18. The Kier molecular flexibility index (Phi) is 7.53. The summed E-state index contributed by atoms with van der Waals surface area (Å²) in [6, 6.07) is 2.65. The molecule has 2 N–H and O–H groups in total. The molecule has 0 bridgehead atoms. The normalized spacial score (nSPS) is 12.9. The molecular weight excluding hydrogens is 376 g/mol. The van der Waals surface area contributed by atoms with Crippen LogP contribution in [-0.4, -0.2) is 61.9 Å². The third kappa shape index (κ3) is 5.10. The molecule has 0 saturated carbocycles. The van der Waals surface area contributed by atoms with Gasteiger partial charge in [0.1, 0.15) is 6.04 Å². The molecule has 0 spiro atoms. The SMILES string of the molecule is CSCCC(NC(=O)c1cc(S(=O)(=O)N(C)C)ccc1Cl)C(=O)O. The van der Waals surface area contributed by atoms with Crippen LogP contribution < -0.4 is 5.32 Å². The summed E-state index contributed by atoms with van der Waals surface area (Å²) in [6.07, 6.45) is 2.07. The summed E-state index contributed by atoms with van der Waals surface area (Å²) in [5, 5.41) is 11.6. The van der Waals surface area contributed by atoms with Crippen molar-refractivity contribution in [3.8, 4) is 0 Å². The van der Waals surface area contributed by atoms with Crippen molar-refractivity contribution in [1.82, 2.24) is 9.62 Å². The number of nitrogens with one attached hydrogen (secondary N) is 1. The summed E-state index contributed by atoms with van der Waals surface area (Å²) in [6.45, 7) is 0. The molecule has 0 aliphatic carbocycles. The molecular formula is C14H19ClN2O5S2. The lowest BCUT2D eigenvalue weighted by molar-refractivity contribution is -0.139. The number of hydrogen-bond acceptors (Lipinski definition) is 5. The molecule has 1 aromatic rings. The van der Waals surface area contributed by atoms with Gasteiger partial charge in [-0.2, -0.15) is 11.8 Å². The number of carboxylic acid groups (broad SMARTS) is 1. The number of carbonyl (C=O) groups is 2. The van der Waals surface area contributed by atoms with Crippen LogP contribution in [-0.2, 0) is 14.8 Å². The zero-order valence-electron chi connectivity index (χ0n) is 13.4. The van der Waals surface area contributed by atoms with Crippen molar-refractivity contribution in [3.05, 3.63) is 28.8 Å². The fraction of sp³-hybridized carbons (Fsp3) is 0.429. The van der Waals surface area contributed by atoms with Crippen LogP contribution in [0.3, 0.4) is 0 Å². The van der Waals surface area contributed by atoms with E-state index < -0.39 is 27.9 Å². The third-order valence-corrected chi connectivity index (χ3v) is 5.96. The van der Waals surface area contributed by atoms with Gasteiger partial charge in [0.25, 0.3) is 5.91 Å². The average Bonchev–Trinajstić information content (AvgIpc) is 2.50. The van der Waals surface area contributed by atoms with Crippen molar-refractivity contribution in [1.29, 1.82) is 0 Å². The number of aliphatic carboxylic acids is 1. The number of carbonyl (C=O) groups excluding carboxylic acids is 1. The zero-order chi connectivity index (χ0) is 18.5. The Hall–Kier alpha value is -1.29. The molecule has 1 atom stereocenters. The Labute approximate surface area is 150 Å². The summed E-state index contributed by atoms with van der Waals surface area (Å²) in [4.78, 5) is 23.4. The van der Waals surface area contributed by atoms with E-state index in [4.69, 9.17) is 16.7 Å². The van der Waals surface area contributed by atoms with Gasteiger partial charge in [0, 0.05) is 14.1 Å². The minimum Gasteiger partial charge on any atom is -0.480 e. The Bertz CT molecular complexity index is 722. The molecule has 1 rings (SSSR count). The molecule has 0 aliphatic rings. The lowest BCUT2D eigenvalue weighted by Crippen LogP contribution is -2.41. The van der Waals surface area contributed by atoms with E-state index in [2.05, 4.69) is 5.32 Å². The summed E-state index contributed by atoms with van der Waals surface area (Å²) >= 11 is 7.42. The van der Waals surface area contributed by atoms with Crippen LogP contribution in [0.2, 0.25) is 5.02 Å². The van der Waals surface area contributed by atoms with Gasteiger partial charge in [0.2, 0.25) is 10.0 Å². The average molecular weight is 395 g/mol. The molecule has 134 valence electrons. The zero-order valence-corrected chi connectivity index (χ0v) is 15.8. The maximum absolute atomic E-state index is 12.3. The second kappa shape index (κ2) is 8.70. The number of benzene rings is 1. The molecule has 0 aliphatic heterocycles. The van der Waals surface area contributed by atoms with Gasteiger partial charge in [-0.15, -0.1) is 0 Å². The smallest absolute Gasteiger partial charge is 0.326 e. The number of halogens is 1. The van der Waals surface area contributed by atoms with Crippen molar-refractivity contribution >= 4 is 45.3 Å². The van der Waals surface area contributed by atoms with Crippen molar-refractivity contribution in [2.45, 2.75) is 17.4 Å². The Morgan fingerprint density at radius 2 is 2.00 bits per heavy atom. The molecule has 10 heteroatoms. The van der Waals surface area contributed by atoms with E-state index in [1.807, 2.05) is 6.26 Å². The molecule has 0 fully saturated rings. The van der Waals surface area contributed by atoms with E-state index in [0.717, 1.165) is 10.4 Å². The lowest BCUT2D eigenvalue weighted by atomic mass is 10.1. The number of thioether (sulfide) groups is 1. The van der Waals surface area contributed by atoms with Gasteiger partial charge in [-0.25, -0.2) is 17.5 Å². The fourth-order valence-electron chi connectivity index (χ4n) is 1.78. The van der Waals surface area contributed by atoms with Crippen LogP contribution in [0.1, 0.15) is 16.8 Å². The van der Waals surface area contributed by atoms with E-state index in [9.17, 15) is 18.0 Å². The van der Waals surface area contributed by atoms with E-state index in [1.165, 1.54) is 38.0 Å². The number of amides is 1. The number of carboxylic acids is 1. The van der Waals surface area contributed by atoms with Gasteiger partial charge in [0.15, 0.2) is 0 Å². The molecule has 0 heterocycles. The summed E-state index contributed by atoms with van der Waals surface area (Å²) in [7, 11) is -0.998. The van der Waals surface area contributed by atoms with Gasteiger partial charge >= 0.3 is 5.97 Å². The van der Waals surface area contributed by atoms with Crippen LogP contribution in [0.25, 0.3) is 0 Å². The predicted octanol–water partition coefficient (Wildman–Crippen LogP) is 1.53. The van der Waals surface area contributed by atoms with Crippen molar-refractivity contribution < 1.29 is 23.1 Å². The number of hydrogen-bond donors (Lipinski definition) is 2. The molecule has 24 heavy (non-hydrogen) atoms. The van der Waals surface area contributed by atoms with E-state index in [-0.39, 0.29) is 21.9 Å². The Morgan fingerprint density at radius 1 is 1.38 bits per heavy atom. The largest absolute Gasteiger partial charge is 0.480 e. The molecule has 1 unspecified atom stereocenters. The van der Waals surface area contributed by atoms with Crippen molar-refractivity contribution in [2.24, 2.45) is 0 Å². The van der Waals surface area contributed by atoms with E-state index in [1.54, 1.807) is 0 Å². The van der Waals surface area contributed by atoms with Crippen LogP contribution in [0.4, 0.5) is 0 Å². The topological polar surface area (TPSA) is 104 Å². The highest BCUT2D eigenvalue weighted by Gasteiger charge is 2.24. The highest BCUT2D eigenvalue weighted by atomic mass is 35.5. The monoisotopic (exact) mass is 394 g/mol. The lowest BCUT2D eigenvalue weighted by Gasteiger charge is -2.16. The molecule has 1 aromatic carbocycles. The van der Waals surface area contributed by atoms with Crippen molar-refractivity contribution in [2.75, 3.05) is 26.1 Å². The molecule has 1 amide bonds. The molecule has 0 saturated heterocycles. The van der Waals surface area contributed by atoms with Crippen LogP contribution >= 0.6 is 23.4 Å². The number of rotatable bonds is 8. The fourth-order valence-corrected chi connectivity index (χ4v) is 3.38. The van der Waals surface area contributed by atoms with Crippen molar-refractivity contribution in [3.63, 3.8) is 0 Å². The van der Waals surface area contributed by atoms with Crippen LogP contribution in [0, 0.1) is 0 Å². The van der Waals surface area contributed by atoms with Gasteiger partial charge in [-0.05, 0) is 36.6 Å². The summed E-state index contributed by atoms with van der Waals surface area (Å²) in [5.41, 5.74) is -0.0880. The number of nitrogens with zero attached hydrogens (tertiary/aromatic N) is 1. The second-order valence-corrected chi connectivity index (χ2v) is 8.62. The quantitative estimate of drug-likeness (QED) is 0.692. The van der Waals surface area contributed by atoms with Gasteiger partial charge in [0.05, 0.1) is 15.5 Å². The van der Waals surface area contributed by atoms with Crippen LogP contribution in [0.15, 0.2) is 23.1 Å². The molecule has 0 radical (unpaired) electrons. The summed E-state index contributed by atoms with van der Waals surface area (Å²) < 4.78 is 25.3.